The summed E-state index contributed by atoms with van der Waals surface area (Å²) in [6.07, 6.45) is 3.35. The molecule has 5 nitrogen and oxygen atoms in total. The Morgan fingerprint density at radius 1 is 1.29 bits per heavy atom. The molecule has 0 fully saturated rings. The van der Waals surface area contributed by atoms with Gasteiger partial charge < -0.3 is 14.4 Å². The average molecular weight is 243 g/mol. The van der Waals surface area contributed by atoms with Gasteiger partial charge in [-0.25, -0.2) is 4.79 Å². The van der Waals surface area contributed by atoms with Crippen molar-refractivity contribution in [2.75, 3.05) is 34.4 Å². The van der Waals surface area contributed by atoms with Crippen LogP contribution in [0.3, 0.4) is 0 Å². The van der Waals surface area contributed by atoms with Crippen LogP contribution in [0.2, 0.25) is 0 Å². The fraction of sp³-hybridized carbons (Fsp3) is 0.667. The maximum Gasteiger partial charge on any atom is 0.343 e. The van der Waals surface area contributed by atoms with Crippen molar-refractivity contribution < 1.29 is 19.1 Å². The molecule has 0 saturated carbocycles. The standard InChI is InChI=1S/C12H21NO4/c1-5-6-7-17-9-11(14)10(8-13(2)3)12(15)16-4/h8H,5-7,9H2,1-4H3/b10-8-. The second-order valence-electron chi connectivity index (χ2n) is 3.83. The molecule has 0 atom stereocenters. The van der Waals surface area contributed by atoms with E-state index in [1.54, 1.807) is 19.0 Å². The molecular formula is C12H21NO4. The number of hydrogen-bond donors (Lipinski definition) is 0. The first-order valence-corrected chi connectivity index (χ1v) is 5.60. The summed E-state index contributed by atoms with van der Waals surface area (Å²) in [7, 11) is 4.71. The largest absolute Gasteiger partial charge is 0.465 e. The number of ether oxygens (including phenoxy) is 2. The number of methoxy groups -OCH3 is 1. The average Bonchev–Trinajstić information content (AvgIpc) is 2.30. The number of ketones is 1. The number of rotatable bonds is 8. The maximum absolute atomic E-state index is 11.7. The summed E-state index contributed by atoms with van der Waals surface area (Å²) >= 11 is 0. The van der Waals surface area contributed by atoms with E-state index in [9.17, 15) is 9.59 Å². The molecule has 17 heavy (non-hydrogen) atoms. The van der Waals surface area contributed by atoms with E-state index in [-0.39, 0.29) is 18.0 Å². The Kier molecular flexibility index (Phi) is 8.05. The van der Waals surface area contributed by atoms with Crippen molar-refractivity contribution in [3.8, 4) is 0 Å². The van der Waals surface area contributed by atoms with Gasteiger partial charge in [0.1, 0.15) is 12.2 Å². The molecule has 0 aliphatic carbocycles. The zero-order chi connectivity index (χ0) is 13.3. The Morgan fingerprint density at radius 2 is 1.94 bits per heavy atom. The predicted molar refractivity (Wildman–Crippen MR) is 64.5 cm³/mol. The molecular weight excluding hydrogens is 222 g/mol. The highest BCUT2D eigenvalue weighted by Gasteiger charge is 2.19. The van der Waals surface area contributed by atoms with Crippen molar-refractivity contribution in [2.45, 2.75) is 19.8 Å². The van der Waals surface area contributed by atoms with Crippen molar-refractivity contribution in [1.82, 2.24) is 4.90 Å². The molecule has 0 aromatic rings. The van der Waals surface area contributed by atoms with Gasteiger partial charge in [0, 0.05) is 26.9 Å². The van der Waals surface area contributed by atoms with Crippen LogP contribution in [0.15, 0.2) is 11.8 Å². The fourth-order valence-electron chi connectivity index (χ4n) is 1.10. The van der Waals surface area contributed by atoms with E-state index in [4.69, 9.17) is 4.74 Å². The lowest BCUT2D eigenvalue weighted by Crippen LogP contribution is -2.22. The van der Waals surface area contributed by atoms with Crippen molar-refractivity contribution in [2.24, 2.45) is 0 Å². The first kappa shape index (κ1) is 15.6. The lowest BCUT2D eigenvalue weighted by Gasteiger charge is -2.09. The van der Waals surface area contributed by atoms with E-state index >= 15 is 0 Å². The number of Topliss-reactive ketones (excluding diaryl/α,β-unsaturated/α-hetero) is 1. The molecule has 98 valence electrons. The van der Waals surface area contributed by atoms with E-state index in [1.807, 2.05) is 6.92 Å². The van der Waals surface area contributed by atoms with Gasteiger partial charge in [0.2, 0.25) is 0 Å². The Morgan fingerprint density at radius 3 is 2.41 bits per heavy atom. The molecule has 0 radical (unpaired) electrons. The van der Waals surface area contributed by atoms with Crippen LogP contribution in [0.5, 0.6) is 0 Å². The van der Waals surface area contributed by atoms with Crippen molar-refractivity contribution in [1.29, 1.82) is 0 Å². The van der Waals surface area contributed by atoms with Gasteiger partial charge in [-0.05, 0) is 6.42 Å². The minimum absolute atomic E-state index is 0.00833. The van der Waals surface area contributed by atoms with E-state index in [1.165, 1.54) is 13.3 Å². The lowest BCUT2D eigenvalue weighted by atomic mass is 10.2. The van der Waals surface area contributed by atoms with Crippen molar-refractivity contribution >= 4 is 11.8 Å². The highest BCUT2D eigenvalue weighted by atomic mass is 16.5. The van der Waals surface area contributed by atoms with Gasteiger partial charge in [-0.1, -0.05) is 13.3 Å². The molecule has 0 heterocycles. The molecule has 5 heteroatoms. The van der Waals surface area contributed by atoms with Gasteiger partial charge in [0.25, 0.3) is 0 Å². The van der Waals surface area contributed by atoms with Crippen LogP contribution >= 0.6 is 0 Å². The molecule has 0 rings (SSSR count). The monoisotopic (exact) mass is 243 g/mol. The number of unbranched alkanes of at least 4 members (excludes halogenated alkanes) is 1. The van der Waals surface area contributed by atoms with E-state index < -0.39 is 5.97 Å². The third kappa shape index (κ3) is 6.73. The fourth-order valence-corrected chi connectivity index (χ4v) is 1.10. The normalized spacial score (nSPS) is 11.2. The number of carbonyl (C=O) groups is 2. The summed E-state index contributed by atoms with van der Waals surface area (Å²) in [4.78, 5) is 24.7. The van der Waals surface area contributed by atoms with Crippen molar-refractivity contribution in [3.05, 3.63) is 11.8 Å². The summed E-state index contributed by atoms with van der Waals surface area (Å²) in [5.41, 5.74) is 0.00833. The summed E-state index contributed by atoms with van der Waals surface area (Å²) in [6.45, 7) is 2.48. The van der Waals surface area contributed by atoms with Gasteiger partial charge in [0.15, 0.2) is 5.78 Å². The van der Waals surface area contributed by atoms with Gasteiger partial charge in [-0.3, -0.25) is 4.79 Å². The van der Waals surface area contributed by atoms with Crippen LogP contribution in [0, 0.1) is 0 Å². The van der Waals surface area contributed by atoms with Gasteiger partial charge >= 0.3 is 5.97 Å². The van der Waals surface area contributed by atoms with E-state index in [0.29, 0.717) is 6.61 Å². The SMILES string of the molecule is CCCCOCC(=O)/C(=C/N(C)C)C(=O)OC. The minimum Gasteiger partial charge on any atom is -0.465 e. The van der Waals surface area contributed by atoms with Crippen LogP contribution in [0.1, 0.15) is 19.8 Å². The highest BCUT2D eigenvalue weighted by molar-refractivity contribution is 6.17. The van der Waals surface area contributed by atoms with Gasteiger partial charge in [-0.15, -0.1) is 0 Å². The second kappa shape index (κ2) is 8.75. The summed E-state index contributed by atoms with van der Waals surface area (Å²) in [6, 6.07) is 0. The molecule has 0 spiro atoms. The number of carbonyl (C=O) groups excluding carboxylic acids is 2. The summed E-state index contributed by atoms with van der Waals surface area (Å²) in [5, 5.41) is 0. The summed E-state index contributed by atoms with van der Waals surface area (Å²) in [5.74, 6) is -0.996. The first-order valence-electron chi connectivity index (χ1n) is 5.60. The van der Waals surface area contributed by atoms with Crippen LogP contribution < -0.4 is 0 Å². The van der Waals surface area contributed by atoms with Crippen molar-refractivity contribution in [3.63, 3.8) is 0 Å². The molecule has 0 N–H and O–H groups in total. The highest BCUT2D eigenvalue weighted by Crippen LogP contribution is 2.02. The Bertz CT molecular complexity index is 284. The first-order chi connectivity index (χ1) is 8.02. The molecule has 0 aliphatic rings. The maximum atomic E-state index is 11.7. The Labute approximate surface area is 102 Å². The zero-order valence-corrected chi connectivity index (χ0v) is 11.0. The number of hydrogen-bond acceptors (Lipinski definition) is 5. The number of esters is 1. The smallest absolute Gasteiger partial charge is 0.343 e. The molecule has 0 aromatic carbocycles. The third-order valence-electron chi connectivity index (χ3n) is 1.97. The van der Waals surface area contributed by atoms with Crippen LogP contribution in [0.25, 0.3) is 0 Å². The molecule has 0 aromatic heterocycles. The second-order valence-corrected chi connectivity index (χ2v) is 3.83. The molecule has 0 amide bonds. The lowest BCUT2D eigenvalue weighted by molar-refractivity contribution is -0.138. The molecule has 0 aliphatic heterocycles. The quantitative estimate of drug-likeness (QED) is 0.209. The number of nitrogens with zero attached hydrogens (tertiary/aromatic N) is 1. The molecule has 0 unspecified atom stereocenters. The van der Waals surface area contributed by atoms with Gasteiger partial charge in [0.05, 0.1) is 7.11 Å². The molecule has 0 bridgehead atoms. The Balaban J connectivity index is 4.40. The molecule has 0 saturated heterocycles. The Hall–Kier alpha value is -1.36. The topological polar surface area (TPSA) is 55.8 Å². The van der Waals surface area contributed by atoms with Crippen LogP contribution in [-0.4, -0.2) is 51.1 Å². The third-order valence-corrected chi connectivity index (χ3v) is 1.97. The van der Waals surface area contributed by atoms with Crippen LogP contribution in [0.4, 0.5) is 0 Å². The van der Waals surface area contributed by atoms with E-state index in [2.05, 4.69) is 4.74 Å². The van der Waals surface area contributed by atoms with Gasteiger partial charge in [-0.2, -0.15) is 0 Å². The van der Waals surface area contributed by atoms with E-state index in [0.717, 1.165) is 12.8 Å². The van der Waals surface area contributed by atoms with Crippen LogP contribution in [-0.2, 0) is 19.1 Å². The minimum atomic E-state index is -0.636. The zero-order valence-electron chi connectivity index (χ0n) is 11.0. The summed E-state index contributed by atoms with van der Waals surface area (Å²) < 4.78 is 9.73. The predicted octanol–water partition coefficient (Wildman–Crippen LogP) is 0.991.